The first-order chi connectivity index (χ1) is 31.3. The van der Waals surface area contributed by atoms with Crippen molar-refractivity contribution in [2.75, 3.05) is 4.90 Å². The molecule has 0 aliphatic carbocycles. The van der Waals surface area contributed by atoms with E-state index < -0.39 is 5.41 Å². The zero-order valence-electron chi connectivity index (χ0n) is 34.3. The number of para-hydroxylation sites is 4. The van der Waals surface area contributed by atoms with E-state index in [1.54, 1.807) is 0 Å². The summed E-state index contributed by atoms with van der Waals surface area (Å²) in [5.74, 6) is 1.79. The van der Waals surface area contributed by atoms with Crippen LogP contribution < -0.4 is 4.90 Å². The fraction of sp³-hybridized carbons (Fsp3) is 0.0172. The molecule has 0 saturated carbocycles. The van der Waals surface area contributed by atoms with Gasteiger partial charge in [-0.15, -0.1) is 0 Å². The van der Waals surface area contributed by atoms with Crippen molar-refractivity contribution in [1.29, 1.82) is 0 Å². The first-order valence-corrected chi connectivity index (χ1v) is 21.4. The third kappa shape index (κ3) is 5.89. The minimum absolute atomic E-state index is 0.556. The number of aromatic nitrogens is 4. The van der Waals surface area contributed by atoms with Crippen molar-refractivity contribution in [1.82, 2.24) is 19.5 Å². The molecule has 0 radical (unpaired) electrons. The summed E-state index contributed by atoms with van der Waals surface area (Å²) in [6.07, 6.45) is 0. The van der Waals surface area contributed by atoms with Crippen LogP contribution >= 0.6 is 0 Å². The van der Waals surface area contributed by atoms with Gasteiger partial charge < -0.3 is 4.57 Å². The van der Waals surface area contributed by atoms with Gasteiger partial charge in [-0.25, -0.2) is 4.98 Å². The molecule has 0 spiro atoms. The van der Waals surface area contributed by atoms with Crippen molar-refractivity contribution in [3.63, 3.8) is 0 Å². The number of nitrogens with zero attached hydrogens (tertiary/aromatic N) is 5. The standard InChI is InChI=1S/C58H39N5/c1-5-20-40(21-6-1)55-59-56(41-22-7-2-8-23-41)61-57(60-55)63-53-34-17-14-31-49(53)58(44-25-9-3-10-26-44,50-32-15-18-35-54(50)63)45-27-19-24-42(38-45)43-36-37-52-48(39-43)47-30-13-16-33-51(47)62(52)46-28-11-4-12-29-46/h1-39H. The lowest BCUT2D eigenvalue weighted by molar-refractivity contribution is 0.728. The summed E-state index contributed by atoms with van der Waals surface area (Å²) in [5, 5.41) is 2.45. The van der Waals surface area contributed by atoms with Gasteiger partial charge in [0.05, 0.1) is 27.8 Å². The molecule has 12 rings (SSSR count). The average molecular weight is 806 g/mol. The summed E-state index contributed by atoms with van der Waals surface area (Å²) in [7, 11) is 0. The van der Waals surface area contributed by atoms with Gasteiger partial charge in [0.25, 0.3) is 0 Å². The Kier molecular flexibility index (Phi) is 8.64. The van der Waals surface area contributed by atoms with Crippen LogP contribution in [0, 0.1) is 0 Å². The molecule has 0 fully saturated rings. The van der Waals surface area contributed by atoms with Crippen LogP contribution in [0.4, 0.5) is 17.3 Å². The zero-order valence-corrected chi connectivity index (χ0v) is 34.3. The Morgan fingerprint density at radius 3 is 1.48 bits per heavy atom. The van der Waals surface area contributed by atoms with E-state index in [1.807, 2.05) is 36.4 Å². The fourth-order valence-electron chi connectivity index (χ4n) is 9.78. The molecule has 2 aromatic heterocycles. The van der Waals surface area contributed by atoms with Gasteiger partial charge >= 0.3 is 0 Å². The van der Waals surface area contributed by atoms with Crippen molar-refractivity contribution >= 4 is 39.1 Å². The van der Waals surface area contributed by atoms with E-state index in [1.165, 1.54) is 32.9 Å². The summed E-state index contributed by atoms with van der Waals surface area (Å²) in [5.41, 5.74) is 13.6. The molecule has 0 unspecified atom stereocenters. The van der Waals surface area contributed by atoms with Crippen molar-refractivity contribution in [2.24, 2.45) is 0 Å². The second-order valence-corrected chi connectivity index (χ2v) is 16.0. The molecule has 63 heavy (non-hydrogen) atoms. The molecule has 296 valence electrons. The number of benzene rings is 9. The van der Waals surface area contributed by atoms with Crippen molar-refractivity contribution in [3.05, 3.63) is 259 Å². The largest absolute Gasteiger partial charge is 0.309 e. The molecular formula is C58H39N5. The van der Waals surface area contributed by atoms with Crippen LogP contribution in [0.3, 0.4) is 0 Å². The Hall–Kier alpha value is -8.41. The van der Waals surface area contributed by atoms with Crippen LogP contribution in [0.15, 0.2) is 237 Å². The molecule has 0 N–H and O–H groups in total. The molecule has 1 aliphatic rings. The predicted molar refractivity (Wildman–Crippen MR) is 257 cm³/mol. The highest BCUT2D eigenvalue weighted by Crippen LogP contribution is 2.57. The molecular weight excluding hydrogens is 767 g/mol. The normalized spacial score (nSPS) is 12.9. The van der Waals surface area contributed by atoms with E-state index in [9.17, 15) is 0 Å². The number of hydrogen-bond donors (Lipinski definition) is 0. The summed E-state index contributed by atoms with van der Waals surface area (Å²) in [6, 6.07) is 84.2. The van der Waals surface area contributed by atoms with Crippen LogP contribution in [-0.4, -0.2) is 19.5 Å². The van der Waals surface area contributed by atoms with E-state index in [0.717, 1.165) is 50.4 Å². The minimum Gasteiger partial charge on any atom is -0.309 e. The lowest BCUT2D eigenvalue weighted by Gasteiger charge is -2.45. The maximum absolute atomic E-state index is 5.27. The SMILES string of the molecule is c1ccc(-c2nc(-c3ccccc3)nc(N3c4ccccc4C(c4ccccc4)(c4cccc(-c5ccc6c(c5)c5ccccc5n6-c5ccccc5)c4)c4ccccc43)n2)cc1. The van der Waals surface area contributed by atoms with Crippen LogP contribution in [0.5, 0.6) is 0 Å². The van der Waals surface area contributed by atoms with Gasteiger partial charge in [-0.3, -0.25) is 4.90 Å². The lowest BCUT2D eigenvalue weighted by Crippen LogP contribution is -2.38. The molecule has 11 aromatic rings. The summed E-state index contributed by atoms with van der Waals surface area (Å²) in [4.78, 5) is 17.8. The van der Waals surface area contributed by atoms with E-state index in [-0.39, 0.29) is 0 Å². The summed E-state index contributed by atoms with van der Waals surface area (Å²) >= 11 is 0. The minimum atomic E-state index is -0.702. The Morgan fingerprint density at radius 1 is 0.333 bits per heavy atom. The summed E-state index contributed by atoms with van der Waals surface area (Å²) < 4.78 is 2.37. The third-order valence-electron chi connectivity index (χ3n) is 12.5. The van der Waals surface area contributed by atoms with Gasteiger partial charge in [-0.2, -0.15) is 9.97 Å². The molecule has 0 bridgehead atoms. The molecule has 3 heterocycles. The van der Waals surface area contributed by atoms with Crippen LogP contribution in [-0.2, 0) is 5.41 Å². The van der Waals surface area contributed by atoms with Gasteiger partial charge in [-0.05, 0) is 81.9 Å². The van der Waals surface area contributed by atoms with Crippen LogP contribution in [0.1, 0.15) is 22.3 Å². The smallest absolute Gasteiger partial charge is 0.238 e. The Morgan fingerprint density at radius 2 is 0.825 bits per heavy atom. The highest BCUT2D eigenvalue weighted by Gasteiger charge is 2.47. The van der Waals surface area contributed by atoms with E-state index in [0.29, 0.717) is 17.6 Å². The van der Waals surface area contributed by atoms with Gasteiger partial charge in [-0.1, -0.05) is 188 Å². The Balaban J connectivity index is 1.08. The molecule has 5 heteroatoms. The van der Waals surface area contributed by atoms with Gasteiger partial charge in [0.15, 0.2) is 11.6 Å². The molecule has 1 aliphatic heterocycles. The van der Waals surface area contributed by atoms with Gasteiger partial charge in [0.1, 0.15) is 0 Å². The zero-order chi connectivity index (χ0) is 41.7. The van der Waals surface area contributed by atoms with Crippen molar-refractivity contribution in [2.45, 2.75) is 5.41 Å². The summed E-state index contributed by atoms with van der Waals surface area (Å²) in [6.45, 7) is 0. The highest BCUT2D eigenvalue weighted by molar-refractivity contribution is 6.10. The molecule has 9 aromatic carbocycles. The quantitative estimate of drug-likeness (QED) is 0.161. The predicted octanol–water partition coefficient (Wildman–Crippen LogP) is 14.1. The Bertz CT molecular complexity index is 3350. The maximum atomic E-state index is 5.27. The topological polar surface area (TPSA) is 46.8 Å². The van der Waals surface area contributed by atoms with Gasteiger partial charge in [0, 0.05) is 27.6 Å². The lowest BCUT2D eigenvalue weighted by atomic mass is 9.62. The number of hydrogen-bond acceptors (Lipinski definition) is 4. The van der Waals surface area contributed by atoms with E-state index >= 15 is 0 Å². The second-order valence-electron chi connectivity index (χ2n) is 16.0. The van der Waals surface area contributed by atoms with E-state index in [2.05, 4.69) is 210 Å². The van der Waals surface area contributed by atoms with Crippen molar-refractivity contribution < 1.29 is 0 Å². The first-order valence-electron chi connectivity index (χ1n) is 21.4. The highest BCUT2D eigenvalue weighted by atomic mass is 15.3. The molecule has 0 saturated heterocycles. The van der Waals surface area contributed by atoms with Gasteiger partial charge in [0.2, 0.25) is 5.95 Å². The molecule has 0 amide bonds. The third-order valence-corrected chi connectivity index (χ3v) is 12.5. The average Bonchev–Trinajstić information content (AvgIpc) is 3.70. The van der Waals surface area contributed by atoms with Crippen molar-refractivity contribution in [3.8, 4) is 39.6 Å². The second kappa shape index (κ2) is 14.9. The first kappa shape index (κ1) is 36.4. The number of fused-ring (bicyclic) bond motifs is 5. The van der Waals surface area contributed by atoms with E-state index in [4.69, 9.17) is 15.0 Å². The molecule has 5 nitrogen and oxygen atoms in total. The Labute approximate surface area is 365 Å². The van der Waals surface area contributed by atoms with Crippen LogP contribution in [0.25, 0.3) is 61.4 Å². The number of anilines is 3. The van der Waals surface area contributed by atoms with Crippen LogP contribution in [0.2, 0.25) is 0 Å². The molecule has 0 atom stereocenters. The maximum Gasteiger partial charge on any atom is 0.238 e. The number of rotatable bonds is 7. The monoisotopic (exact) mass is 805 g/mol. The fourth-order valence-corrected chi connectivity index (χ4v) is 9.78.